The summed E-state index contributed by atoms with van der Waals surface area (Å²) in [4.78, 5) is 11.7. The van der Waals surface area contributed by atoms with Crippen molar-refractivity contribution in [3.05, 3.63) is 48.0 Å². The van der Waals surface area contributed by atoms with Gasteiger partial charge in [-0.1, -0.05) is 6.07 Å². The first-order valence-corrected chi connectivity index (χ1v) is 9.50. The molecule has 3 heterocycles. The van der Waals surface area contributed by atoms with Gasteiger partial charge in [-0.25, -0.2) is 4.98 Å². The van der Waals surface area contributed by atoms with Crippen molar-refractivity contribution in [1.29, 1.82) is 0 Å². The van der Waals surface area contributed by atoms with Gasteiger partial charge >= 0.3 is 0 Å². The molecule has 3 rings (SSSR count). The Morgan fingerprint density at radius 2 is 2.07 bits per heavy atom. The van der Waals surface area contributed by atoms with Crippen molar-refractivity contribution in [2.24, 2.45) is 4.99 Å². The minimum Gasteiger partial charge on any atom is -0.469 e. The number of furan rings is 1. The molecule has 2 aromatic rings. The third-order valence-electron chi connectivity index (χ3n) is 4.59. The molecule has 0 aliphatic carbocycles. The molecule has 7 heteroatoms. The predicted octanol–water partition coefficient (Wildman–Crippen LogP) is 3.37. The van der Waals surface area contributed by atoms with Crippen LogP contribution < -0.4 is 15.5 Å². The van der Waals surface area contributed by atoms with Gasteiger partial charge in [0.2, 0.25) is 0 Å². The monoisotopic (exact) mass is 483 g/mol. The lowest BCUT2D eigenvalue weighted by atomic mass is 10.1. The smallest absolute Gasteiger partial charge is 0.191 e. The molecule has 1 aliphatic heterocycles. The van der Waals surface area contributed by atoms with Crippen LogP contribution in [0, 0.1) is 6.92 Å². The number of anilines is 1. The number of guanidine groups is 1. The summed E-state index contributed by atoms with van der Waals surface area (Å²) in [7, 11) is 0. The van der Waals surface area contributed by atoms with Crippen LogP contribution in [0.4, 0.5) is 5.82 Å². The summed E-state index contributed by atoms with van der Waals surface area (Å²) in [5, 5.41) is 6.92. The molecule has 0 unspecified atom stereocenters. The van der Waals surface area contributed by atoms with Crippen LogP contribution in [-0.4, -0.2) is 43.2 Å². The van der Waals surface area contributed by atoms with Crippen LogP contribution in [0.2, 0.25) is 0 Å². The molecule has 148 valence electrons. The zero-order valence-corrected chi connectivity index (χ0v) is 18.5. The molecule has 0 bridgehead atoms. The van der Waals surface area contributed by atoms with Crippen LogP contribution in [0.1, 0.15) is 31.2 Å². The first-order valence-electron chi connectivity index (χ1n) is 9.50. The normalized spacial score (nSPS) is 15.3. The van der Waals surface area contributed by atoms with Gasteiger partial charge in [-0.2, -0.15) is 0 Å². The Morgan fingerprint density at radius 1 is 1.26 bits per heavy atom. The van der Waals surface area contributed by atoms with E-state index >= 15 is 0 Å². The van der Waals surface area contributed by atoms with Gasteiger partial charge in [0.05, 0.1) is 6.26 Å². The second kappa shape index (κ2) is 11.2. The van der Waals surface area contributed by atoms with Crippen LogP contribution >= 0.6 is 24.0 Å². The van der Waals surface area contributed by atoms with E-state index in [1.54, 1.807) is 6.26 Å². The Labute approximate surface area is 178 Å². The van der Waals surface area contributed by atoms with Gasteiger partial charge < -0.3 is 20.0 Å². The first-order chi connectivity index (χ1) is 12.7. The lowest BCUT2D eigenvalue weighted by Crippen LogP contribution is -2.49. The highest BCUT2D eigenvalue weighted by atomic mass is 127. The summed E-state index contributed by atoms with van der Waals surface area (Å²) >= 11 is 0. The summed E-state index contributed by atoms with van der Waals surface area (Å²) in [5.74, 6) is 2.96. The highest BCUT2D eigenvalue weighted by Crippen LogP contribution is 2.18. The van der Waals surface area contributed by atoms with E-state index in [9.17, 15) is 0 Å². The highest BCUT2D eigenvalue weighted by molar-refractivity contribution is 14.0. The van der Waals surface area contributed by atoms with E-state index in [1.807, 2.05) is 25.1 Å². The summed E-state index contributed by atoms with van der Waals surface area (Å²) in [5.41, 5.74) is 1.07. The largest absolute Gasteiger partial charge is 0.469 e. The number of aliphatic imine (C=N–C) groups is 1. The number of rotatable bonds is 6. The standard InChI is InChI=1S/C20H29N5O.HI/c1-3-21-20(22-12-9-18-7-5-15-26-18)24-17-10-13-25(14-11-17)19-8-4-6-16(2)23-19;/h4-8,15,17H,3,9-14H2,1-2H3,(H2,21,22,24);1H. The van der Waals surface area contributed by atoms with Crippen molar-refractivity contribution in [2.45, 2.75) is 39.2 Å². The summed E-state index contributed by atoms with van der Waals surface area (Å²) < 4.78 is 5.37. The third-order valence-corrected chi connectivity index (χ3v) is 4.59. The Bertz CT molecular complexity index is 696. The second-order valence-electron chi connectivity index (χ2n) is 6.63. The molecule has 0 atom stereocenters. The molecule has 1 saturated heterocycles. The minimum atomic E-state index is 0. The number of aromatic nitrogens is 1. The van der Waals surface area contributed by atoms with Crippen LogP contribution in [0.15, 0.2) is 46.0 Å². The SMILES string of the molecule is CCNC(=NCCc1ccco1)NC1CCN(c2cccc(C)n2)CC1.I. The fourth-order valence-corrected chi connectivity index (χ4v) is 3.20. The number of halogens is 1. The molecule has 0 aromatic carbocycles. The van der Waals surface area contributed by atoms with E-state index in [4.69, 9.17) is 4.42 Å². The molecule has 2 aromatic heterocycles. The van der Waals surface area contributed by atoms with Crippen LogP contribution in [0.25, 0.3) is 0 Å². The molecule has 6 nitrogen and oxygen atoms in total. The fourth-order valence-electron chi connectivity index (χ4n) is 3.20. The molecule has 0 amide bonds. The Kier molecular flexibility index (Phi) is 8.90. The van der Waals surface area contributed by atoms with E-state index in [0.717, 1.165) is 68.7 Å². The number of hydrogen-bond donors (Lipinski definition) is 2. The molecule has 2 N–H and O–H groups in total. The average Bonchev–Trinajstić information content (AvgIpc) is 3.16. The number of nitrogens with one attached hydrogen (secondary N) is 2. The molecule has 27 heavy (non-hydrogen) atoms. The van der Waals surface area contributed by atoms with Gasteiger partial charge in [-0.05, 0) is 51.0 Å². The van der Waals surface area contributed by atoms with E-state index in [0.29, 0.717) is 6.04 Å². The third kappa shape index (κ3) is 6.71. The van der Waals surface area contributed by atoms with Crippen LogP contribution in [0.5, 0.6) is 0 Å². The summed E-state index contributed by atoms with van der Waals surface area (Å²) in [6.07, 6.45) is 4.69. The lowest BCUT2D eigenvalue weighted by molar-refractivity contribution is 0.459. The van der Waals surface area contributed by atoms with Crippen molar-refractivity contribution in [3.63, 3.8) is 0 Å². The predicted molar refractivity (Wildman–Crippen MR) is 121 cm³/mol. The quantitative estimate of drug-likeness (QED) is 0.375. The van der Waals surface area contributed by atoms with Crippen molar-refractivity contribution in [3.8, 4) is 0 Å². The maximum absolute atomic E-state index is 5.37. The number of nitrogens with zero attached hydrogens (tertiary/aromatic N) is 3. The Balaban J connectivity index is 0.00000261. The number of pyridine rings is 1. The number of hydrogen-bond acceptors (Lipinski definition) is 4. The molecular weight excluding hydrogens is 453 g/mol. The van der Waals surface area contributed by atoms with E-state index < -0.39 is 0 Å². The molecule has 0 radical (unpaired) electrons. The molecular formula is C20H30IN5O. The highest BCUT2D eigenvalue weighted by Gasteiger charge is 2.20. The molecule has 1 fully saturated rings. The topological polar surface area (TPSA) is 65.7 Å². The zero-order chi connectivity index (χ0) is 18.2. The maximum Gasteiger partial charge on any atom is 0.191 e. The summed E-state index contributed by atoms with van der Waals surface area (Å²) in [6, 6.07) is 10.6. The Morgan fingerprint density at radius 3 is 2.74 bits per heavy atom. The van der Waals surface area contributed by atoms with Gasteiger partial charge in [0.1, 0.15) is 11.6 Å². The van der Waals surface area contributed by atoms with Crippen molar-refractivity contribution in [1.82, 2.24) is 15.6 Å². The van der Waals surface area contributed by atoms with Gasteiger partial charge in [0, 0.05) is 44.3 Å². The Hall–Kier alpha value is -1.77. The minimum absolute atomic E-state index is 0. The zero-order valence-electron chi connectivity index (χ0n) is 16.1. The van der Waals surface area contributed by atoms with Crippen molar-refractivity contribution < 1.29 is 4.42 Å². The van der Waals surface area contributed by atoms with Crippen molar-refractivity contribution >= 4 is 35.8 Å². The molecule has 1 aliphatic rings. The van der Waals surface area contributed by atoms with Crippen molar-refractivity contribution in [2.75, 3.05) is 31.1 Å². The first kappa shape index (κ1) is 21.5. The van der Waals surface area contributed by atoms with E-state index in [1.165, 1.54) is 0 Å². The second-order valence-corrected chi connectivity index (χ2v) is 6.63. The van der Waals surface area contributed by atoms with Gasteiger partial charge in [0.15, 0.2) is 5.96 Å². The van der Waals surface area contributed by atoms with E-state index in [2.05, 4.69) is 44.6 Å². The lowest BCUT2D eigenvalue weighted by Gasteiger charge is -2.34. The van der Waals surface area contributed by atoms with Gasteiger partial charge in [-0.3, -0.25) is 4.99 Å². The number of piperidine rings is 1. The number of aryl methyl sites for hydroxylation is 1. The van der Waals surface area contributed by atoms with Crippen LogP contribution in [0.3, 0.4) is 0 Å². The average molecular weight is 483 g/mol. The molecule has 0 spiro atoms. The maximum atomic E-state index is 5.37. The van der Waals surface area contributed by atoms with Gasteiger partial charge in [-0.15, -0.1) is 24.0 Å². The fraction of sp³-hybridized carbons (Fsp3) is 0.500. The van der Waals surface area contributed by atoms with Crippen LogP contribution in [-0.2, 0) is 6.42 Å². The summed E-state index contributed by atoms with van der Waals surface area (Å²) in [6.45, 7) is 7.74. The van der Waals surface area contributed by atoms with Gasteiger partial charge in [0.25, 0.3) is 0 Å². The van der Waals surface area contributed by atoms with E-state index in [-0.39, 0.29) is 24.0 Å². The molecule has 0 saturated carbocycles.